The number of hydrogen-bond acceptors (Lipinski definition) is 0. The third-order valence-corrected chi connectivity index (χ3v) is 2.44. The molecule has 0 heteroatoms. The SMILES string of the molecule is C1=C2CC2c2ccccc21. The van der Waals surface area contributed by atoms with Crippen molar-refractivity contribution >= 4 is 6.08 Å². The molecule has 0 spiro atoms. The molecule has 1 aromatic carbocycles. The van der Waals surface area contributed by atoms with Gasteiger partial charge in [-0.15, -0.1) is 0 Å². The van der Waals surface area contributed by atoms with E-state index in [9.17, 15) is 0 Å². The lowest BCUT2D eigenvalue weighted by atomic mass is 10.1. The molecule has 2 aliphatic rings. The van der Waals surface area contributed by atoms with E-state index in [-0.39, 0.29) is 0 Å². The quantitative estimate of drug-likeness (QED) is 0.503. The molecule has 0 nitrogen and oxygen atoms in total. The summed E-state index contributed by atoms with van der Waals surface area (Å²) in [6.07, 6.45) is 3.66. The first kappa shape index (κ1) is 4.73. The average molecular weight is 128 g/mol. The van der Waals surface area contributed by atoms with Crippen LogP contribution < -0.4 is 0 Å². The van der Waals surface area contributed by atoms with Gasteiger partial charge in [-0.25, -0.2) is 0 Å². The molecule has 3 rings (SSSR count). The molecule has 1 aromatic rings. The van der Waals surface area contributed by atoms with Crippen LogP contribution in [0, 0.1) is 0 Å². The molecule has 1 atom stereocenters. The molecule has 0 bridgehead atoms. The molecule has 10 heavy (non-hydrogen) atoms. The van der Waals surface area contributed by atoms with Crippen molar-refractivity contribution < 1.29 is 0 Å². The summed E-state index contributed by atoms with van der Waals surface area (Å²) in [5.41, 5.74) is 4.65. The van der Waals surface area contributed by atoms with Crippen LogP contribution in [-0.2, 0) is 0 Å². The van der Waals surface area contributed by atoms with Gasteiger partial charge in [0.2, 0.25) is 0 Å². The van der Waals surface area contributed by atoms with Crippen molar-refractivity contribution in [2.75, 3.05) is 0 Å². The number of benzene rings is 1. The minimum absolute atomic E-state index is 0.830. The van der Waals surface area contributed by atoms with E-state index in [1.165, 1.54) is 12.0 Å². The number of hydrogen-bond donors (Lipinski definition) is 0. The van der Waals surface area contributed by atoms with Gasteiger partial charge in [0.1, 0.15) is 0 Å². The highest BCUT2D eigenvalue weighted by Crippen LogP contribution is 2.53. The second-order valence-corrected chi connectivity index (χ2v) is 3.10. The first-order valence-corrected chi connectivity index (χ1v) is 3.74. The third-order valence-electron chi connectivity index (χ3n) is 2.44. The van der Waals surface area contributed by atoms with E-state index in [4.69, 9.17) is 0 Å². The molecule has 0 radical (unpaired) electrons. The summed E-state index contributed by atoms with van der Waals surface area (Å²) in [6, 6.07) is 8.69. The Morgan fingerprint density at radius 3 is 3.00 bits per heavy atom. The van der Waals surface area contributed by atoms with Crippen LogP contribution in [0.5, 0.6) is 0 Å². The summed E-state index contributed by atoms with van der Waals surface area (Å²) >= 11 is 0. The highest BCUT2D eigenvalue weighted by atomic mass is 14.4. The van der Waals surface area contributed by atoms with E-state index in [1.54, 1.807) is 11.1 Å². The van der Waals surface area contributed by atoms with E-state index in [0.717, 1.165) is 5.92 Å². The lowest BCUT2D eigenvalue weighted by molar-refractivity contribution is 1.17. The van der Waals surface area contributed by atoms with Crippen LogP contribution in [0.25, 0.3) is 6.08 Å². The predicted molar refractivity (Wildman–Crippen MR) is 41.8 cm³/mol. The Labute approximate surface area is 60.2 Å². The van der Waals surface area contributed by atoms with Crippen molar-refractivity contribution in [1.29, 1.82) is 0 Å². The second kappa shape index (κ2) is 1.34. The van der Waals surface area contributed by atoms with E-state index < -0.39 is 0 Å². The van der Waals surface area contributed by atoms with Gasteiger partial charge < -0.3 is 0 Å². The van der Waals surface area contributed by atoms with Crippen molar-refractivity contribution in [3.63, 3.8) is 0 Å². The fourth-order valence-corrected chi connectivity index (χ4v) is 1.81. The Morgan fingerprint density at radius 1 is 1.20 bits per heavy atom. The molecule has 1 fully saturated rings. The van der Waals surface area contributed by atoms with Gasteiger partial charge in [0.15, 0.2) is 0 Å². The van der Waals surface area contributed by atoms with Gasteiger partial charge in [-0.05, 0) is 17.5 Å². The van der Waals surface area contributed by atoms with Gasteiger partial charge in [-0.2, -0.15) is 0 Å². The maximum atomic E-state index is 2.33. The van der Waals surface area contributed by atoms with E-state index >= 15 is 0 Å². The first-order chi connectivity index (χ1) is 4.95. The maximum Gasteiger partial charge on any atom is 0.00952 e. The van der Waals surface area contributed by atoms with Crippen LogP contribution in [0.3, 0.4) is 0 Å². The zero-order valence-corrected chi connectivity index (χ0v) is 5.67. The normalized spacial score (nSPS) is 25.2. The van der Waals surface area contributed by atoms with Crippen LogP contribution in [-0.4, -0.2) is 0 Å². The minimum atomic E-state index is 0.830. The van der Waals surface area contributed by atoms with Gasteiger partial charge in [-0.3, -0.25) is 0 Å². The summed E-state index contributed by atoms with van der Waals surface area (Å²) in [7, 11) is 0. The van der Waals surface area contributed by atoms with Crippen molar-refractivity contribution in [2.45, 2.75) is 12.3 Å². The van der Waals surface area contributed by atoms with Gasteiger partial charge >= 0.3 is 0 Å². The molecule has 2 aliphatic carbocycles. The lowest BCUT2D eigenvalue weighted by Crippen LogP contribution is -1.79. The standard InChI is InChI=1S/C10H8/c1-2-4-9-7(3-1)5-8-6-10(8)9/h1-5,10H,6H2. The molecule has 1 saturated carbocycles. The smallest absolute Gasteiger partial charge is 0.00952 e. The summed E-state index contributed by atoms with van der Waals surface area (Å²) < 4.78 is 0. The topological polar surface area (TPSA) is 0 Å². The molecule has 0 aromatic heterocycles. The van der Waals surface area contributed by atoms with Gasteiger partial charge in [0.05, 0.1) is 0 Å². The Bertz CT molecular complexity index is 321. The van der Waals surface area contributed by atoms with E-state index in [0.29, 0.717) is 0 Å². The molecular weight excluding hydrogens is 120 g/mol. The van der Waals surface area contributed by atoms with Crippen molar-refractivity contribution in [1.82, 2.24) is 0 Å². The van der Waals surface area contributed by atoms with Crippen molar-refractivity contribution in [3.8, 4) is 0 Å². The molecule has 1 unspecified atom stereocenters. The highest BCUT2D eigenvalue weighted by molar-refractivity contribution is 5.72. The van der Waals surface area contributed by atoms with Crippen LogP contribution in [0.1, 0.15) is 23.5 Å². The van der Waals surface area contributed by atoms with Gasteiger partial charge in [0, 0.05) is 5.92 Å². The summed E-state index contributed by atoms with van der Waals surface area (Å²) in [4.78, 5) is 0. The number of rotatable bonds is 0. The summed E-state index contributed by atoms with van der Waals surface area (Å²) in [5, 5.41) is 0. The van der Waals surface area contributed by atoms with E-state index in [1.807, 2.05) is 0 Å². The first-order valence-electron chi connectivity index (χ1n) is 3.74. The molecule has 0 saturated heterocycles. The largest absolute Gasteiger partial charge is 0.0619 e. The third kappa shape index (κ3) is 0.431. The maximum absolute atomic E-state index is 2.33. The molecule has 0 N–H and O–H groups in total. The Balaban J connectivity index is 2.32. The highest BCUT2D eigenvalue weighted by Gasteiger charge is 2.36. The predicted octanol–water partition coefficient (Wildman–Crippen LogP) is 2.57. The van der Waals surface area contributed by atoms with Crippen LogP contribution in [0.2, 0.25) is 0 Å². The fraction of sp³-hybridized carbons (Fsp3) is 0.200. The average Bonchev–Trinajstić information content (AvgIpc) is 2.64. The Hall–Kier alpha value is -1.04. The van der Waals surface area contributed by atoms with Crippen molar-refractivity contribution in [2.24, 2.45) is 0 Å². The minimum Gasteiger partial charge on any atom is -0.0619 e. The Morgan fingerprint density at radius 2 is 2.10 bits per heavy atom. The Kier molecular flexibility index (Phi) is 0.634. The summed E-state index contributed by atoms with van der Waals surface area (Å²) in [6.45, 7) is 0. The van der Waals surface area contributed by atoms with Crippen LogP contribution in [0.15, 0.2) is 29.8 Å². The number of allylic oxidation sites excluding steroid dienone is 1. The molecule has 48 valence electrons. The summed E-state index contributed by atoms with van der Waals surface area (Å²) in [5.74, 6) is 0.830. The zero-order valence-electron chi connectivity index (χ0n) is 5.67. The number of fused-ring (bicyclic) bond motifs is 3. The van der Waals surface area contributed by atoms with Crippen LogP contribution >= 0.6 is 0 Å². The monoisotopic (exact) mass is 128 g/mol. The molecule has 0 amide bonds. The van der Waals surface area contributed by atoms with Gasteiger partial charge in [0.25, 0.3) is 0 Å². The lowest BCUT2D eigenvalue weighted by Gasteiger charge is -1.96. The second-order valence-electron chi connectivity index (χ2n) is 3.10. The fourth-order valence-electron chi connectivity index (χ4n) is 1.81. The van der Waals surface area contributed by atoms with E-state index in [2.05, 4.69) is 30.3 Å². The van der Waals surface area contributed by atoms with Crippen molar-refractivity contribution in [3.05, 3.63) is 41.0 Å². The molecular formula is C10H8. The van der Waals surface area contributed by atoms with Crippen LogP contribution in [0.4, 0.5) is 0 Å². The van der Waals surface area contributed by atoms with Gasteiger partial charge in [-0.1, -0.05) is 35.9 Å². The molecule has 0 aliphatic heterocycles. The molecule has 0 heterocycles. The zero-order chi connectivity index (χ0) is 6.55.